The van der Waals surface area contributed by atoms with E-state index in [0.29, 0.717) is 30.4 Å². The molecule has 0 amide bonds. The lowest BCUT2D eigenvalue weighted by atomic mass is 9.99. The Morgan fingerprint density at radius 3 is 2.40 bits per heavy atom. The van der Waals surface area contributed by atoms with Crippen LogP contribution in [0.1, 0.15) is 0 Å². The van der Waals surface area contributed by atoms with Crippen LogP contribution in [0.3, 0.4) is 0 Å². The van der Waals surface area contributed by atoms with Crippen LogP contribution in [0.2, 0.25) is 0 Å². The number of carboxylic acids is 1. The SMILES string of the molecule is COc1ccccc1OCCNC[C@@H](COc1cccc2[nH]c3ccccc3c12)O[C@@H]1O[C@H](C(=O)O)[C@@H](O)[C@H](O)[C@@H]1O. The number of aromatic nitrogens is 1. The summed E-state index contributed by atoms with van der Waals surface area (Å²) < 4.78 is 28.6. The van der Waals surface area contributed by atoms with E-state index in [-0.39, 0.29) is 13.2 Å². The molecule has 1 saturated heterocycles. The first-order valence-corrected chi connectivity index (χ1v) is 13.5. The van der Waals surface area contributed by atoms with E-state index < -0.39 is 42.8 Å². The first kappa shape index (κ1) is 29.6. The highest BCUT2D eigenvalue weighted by Gasteiger charge is 2.48. The fraction of sp³-hybridized carbons (Fsp3) is 0.367. The van der Waals surface area contributed by atoms with E-state index in [0.717, 1.165) is 21.8 Å². The maximum Gasteiger partial charge on any atom is 0.335 e. The van der Waals surface area contributed by atoms with Crippen LogP contribution in [0.25, 0.3) is 21.8 Å². The third kappa shape index (κ3) is 6.44. The van der Waals surface area contributed by atoms with Crippen LogP contribution in [-0.2, 0) is 14.3 Å². The van der Waals surface area contributed by atoms with Gasteiger partial charge in [-0.25, -0.2) is 4.79 Å². The molecule has 42 heavy (non-hydrogen) atoms. The fourth-order valence-electron chi connectivity index (χ4n) is 4.91. The molecule has 0 aliphatic carbocycles. The Hall–Kier alpha value is -3.91. The molecule has 0 bridgehead atoms. The smallest absolute Gasteiger partial charge is 0.335 e. The zero-order valence-electron chi connectivity index (χ0n) is 22.9. The zero-order chi connectivity index (χ0) is 29.6. The Bertz CT molecular complexity index is 1490. The van der Waals surface area contributed by atoms with Gasteiger partial charge in [-0.1, -0.05) is 36.4 Å². The molecule has 3 aromatic carbocycles. The lowest BCUT2D eigenvalue weighted by molar-refractivity contribution is -0.305. The van der Waals surface area contributed by atoms with Gasteiger partial charge in [-0.2, -0.15) is 0 Å². The van der Waals surface area contributed by atoms with Crippen molar-refractivity contribution in [2.45, 2.75) is 36.8 Å². The topological polar surface area (TPSA) is 172 Å². The van der Waals surface area contributed by atoms with Gasteiger partial charge < -0.3 is 54.4 Å². The summed E-state index contributed by atoms with van der Waals surface area (Å²) in [5, 5.41) is 45.3. The van der Waals surface area contributed by atoms with E-state index in [2.05, 4.69) is 10.3 Å². The molecule has 0 saturated carbocycles. The molecule has 1 aliphatic heterocycles. The van der Waals surface area contributed by atoms with Crippen molar-refractivity contribution in [3.05, 3.63) is 66.7 Å². The summed E-state index contributed by atoms with van der Waals surface area (Å²) in [4.78, 5) is 14.9. The fourth-order valence-corrected chi connectivity index (χ4v) is 4.91. The molecule has 6 N–H and O–H groups in total. The Morgan fingerprint density at radius 1 is 0.905 bits per heavy atom. The molecule has 1 aromatic heterocycles. The number of carbonyl (C=O) groups is 1. The Kier molecular flexibility index (Phi) is 9.42. The first-order chi connectivity index (χ1) is 20.4. The second kappa shape index (κ2) is 13.4. The molecule has 0 spiro atoms. The van der Waals surface area contributed by atoms with Crippen LogP contribution in [0.15, 0.2) is 66.7 Å². The maximum atomic E-state index is 11.6. The summed E-state index contributed by atoms with van der Waals surface area (Å²) in [6.45, 7) is 0.893. The summed E-state index contributed by atoms with van der Waals surface area (Å²) in [6.07, 6.45) is -9.38. The van der Waals surface area contributed by atoms with Gasteiger partial charge in [0.2, 0.25) is 0 Å². The van der Waals surface area contributed by atoms with E-state index >= 15 is 0 Å². The second-order valence-corrected chi connectivity index (χ2v) is 9.86. The van der Waals surface area contributed by atoms with Crippen LogP contribution in [0.5, 0.6) is 17.2 Å². The molecule has 4 aromatic rings. The molecular formula is C30H34N2O10. The van der Waals surface area contributed by atoms with Gasteiger partial charge in [0, 0.05) is 29.4 Å². The van der Waals surface area contributed by atoms with Gasteiger partial charge in [0.25, 0.3) is 0 Å². The van der Waals surface area contributed by atoms with Crippen molar-refractivity contribution in [1.29, 1.82) is 0 Å². The summed E-state index contributed by atoms with van der Waals surface area (Å²) in [7, 11) is 1.56. The number of methoxy groups -OCH3 is 1. The van der Waals surface area contributed by atoms with Gasteiger partial charge >= 0.3 is 5.97 Å². The minimum Gasteiger partial charge on any atom is -0.493 e. The van der Waals surface area contributed by atoms with Crippen molar-refractivity contribution in [3.8, 4) is 17.2 Å². The summed E-state index contributed by atoms with van der Waals surface area (Å²) in [5.74, 6) is 0.306. The average Bonchev–Trinajstić information content (AvgIpc) is 3.39. The monoisotopic (exact) mass is 582 g/mol. The molecule has 6 atom stereocenters. The van der Waals surface area contributed by atoms with Gasteiger partial charge in [-0.3, -0.25) is 0 Å². The number of aromatic amines is 1. The predicted molar refractivity (Wildman–Crippen MR) is 152 cm³/mol. The molecule has 1 aliphatic rings. The summed E-state index contributed by atoms with van der Waals surface area (Å²) in [5.41, 5.74) is 1.85. The lowest BCUT2D eigenvalue weighted by Gasteiger charge is -2.39. The number of hydrogen-bond acceptors (Lipinski definition) is 10. The van der Waals surface area contributed by atoms with E-state index in [4.69, 9.17) is 23.7 Å². The molecular weight excluding hydrogens is 548 g/mol. The quantitative estimate of drug-likeness (QED) is 0.127. The molecule has 5 rings (SSSR count). The number of hydrogen-bond donors (Lipinski definition) is 6. The van der Waals surface area contributed by atoms with Crippen molar-refractivity contribution in [2.75, 3.05) is 33.4 Å². The highest BCUT2D eigenvalue weighted by Crippen LogP contribution is 2.33. The summed E-state index contributed by atoms with van der Waals surface area (Å²) >= 11 is 0. The van der Waals surface area contributed by atoms with Gasteiger partial charge in [0.1, 0.15) is 43.4 Å². The number of carboxylic acid groups (broad SMARTS) is 1. The molecule has 12 nitrogen and oxygen atoms in total. The molecule has 12 heteroatoms. The van der Waals surface area contributed by atoms with Gasteiger partial charge in [0.15, 0.2) is 23.9 Å². The number of benzene rings is 3. The number of aliphatic carboxylic acids is 1. The van der Waals surface area contributed by atoms with Crippen LogP contribution in [0.4, 0.5) is 0 Å². The van der Waals surface area contributed by atoms with Crippen LogP contribution in [0, 0.1) is 0 Å². The first-order valence-electron chi connectivity index (χ1n) is 13.5. The van der Waals surface area contributed by atoms with Crippen LogP contribution in [-0.4, -0.2) is 102 Å². The molecule has 1 fully saturated rings. The Morgan fingerprint density at radius 2 is 1.62 bits per heavy atom. The lowest BCUT2D eigenvalue weighted by Crippen LogP contribution is -2.61. The molecule has 0 radical (unpaired) electrons. The number of H-pyrrole nitrogens is 1. The number of ether oxygens (including phenoxy) is 5. The van der Waals surface area contributed by atoms with Crippen LogP contribution < -0.4 is 19.5 Å². The van der Waals surface area contributed by atoms with E-state index in [1.165, 1.54) is 0 Å². The second-order valence-electron chi connectivity index (χ2n) is 9.86. The minimum atomic E-state index is -1.82. The predicted octanol–water partition coefficient (Wildman–Crippen LogP) is 1.65. The van der Waals surface area contributed by atoms with E-state index in [1.54, 1.807) is 19.2 Å². The minimum absolute atomic E-state index is 0.0120. The molecule has 224 valence electrons. The standard InChI is InChI=1S/C30H34N2O10/c1-38-21-10-4-5-11-22(21)39-14-13-31-15-17(41-30-27(35)25(33)26(34)28(42-30)29(36)37)16-40-23-12-6-9-20-24(23)18-7-2-3-8-19(18)32-20/h2-12,17,25-28,30-35H,13-16H2,1H3,(H,36,37)/t17-,25-,26-,27-,28-,30+/m0/s1. The van der Waals surface area contributed by atoms with Crippen LogP contribution >= 0.6 is 0 Å². The number of aliphatic hydroxyl groups is 3. The van der Waals surface area contributed by atoms with Crippen molar-refractivity contribution in [2.24, 2.45) is 0 Å². The average molecular weight is 583 g/mol. The van der Waals surface area contributed by atoms with Crippen molar-refractivity contribution >= 4 is 27.8 Å². The normalized spacial score (nSPS) is 23.1. The van der Waals surface area contributed by atoms with Crippen molar-refractivity contribution in [1.82, 2.24) is 10.3 Å². The van der Waals surface area contributed by atoms with Gasteiger partial charge in [0.05, 0.1) is 12.6 Å². The number of fused-ring (bicyclic) bond motifs is 3. The molecule has 0 unspecified atom stereocenters. The Balaban J connectivity index is 1.28. The summed E-state index contributed by atoms with van der Waals surface area (Å²) in [6, 6.07) is 20.8. The number of para-hydroxylation sites is 3. The van der Waals surface area contributed by atoms with E-state index in [1.807, 2.05) is 54.6 Å². The third-order valence-corrected chi connectivity index (χ3v) is 7.03. The number of rotatable bonds is 13. The highest BCUT2D eigenvalue weighted by molar-refractivity contribution is 6.10. The number of nitrogens with one attached hydrogen (secondary N) is 2. The van der Waals surface area contributed by atoms with Crippen molar-refractivity contribution < 1.29 is 48.9 Å². The van der Waals surface area contributed by atoms with E-state index in [9.17, 15) is 25.2 Å². The highest BCUT2D eigenvalue weighted by atomic mass is 16.7. The largest absolute Gasteiger partial charge is 0.493 e. The van der Waals surface area contributed by atoms with Crippen molar-refractivity contribution in [3.63, 3.8) is 0 Å². The van der Waals surface area contributed by atoms with Gasteiger partial charge in [-0.05, 0) is 30.3 Å². The molecule has 2 heterocycles. The zero-order valence-corrected chi connectivity index (χ0v) is 22.9. The third-order valence-electron chi connectivity index (χ3n) is 7.03. The maximum absolute atomic E-state index is 11.6. The number of aliphatic hydroxyl groups excluding tert-OH is 3. The van der Waals surface area contributed by atoms with Gasteiger partial charge in [-0.15, -0.1) is 0 Å². The Labute approximate surface area is 241 Å².